The van der Waals surface area contributed by atoms with Crippen molar-refractivity contribution in [3.05, 3.63) is 99.8 Å². The minimum Gasteiger partial charge on any atom is -0.347 e. The number of hydrogen-bond acceptors (Lipinski definition) is 13. The first-order valence-electron chi connectivity index (χ1n) is 34.2. The lowest BCUT2D eigenvalue weighted by molar-refractivity contribution is -0.160. The molecule has 12 amide bonds. The highest BCUT2D eigenvalue weighted by Gasteiger charge is 2.47. The summed E-state index contributed by atoms with van der Waals surface area (Å²) in [6, 6.07) is 0.0471. The normalized spacial score (nSPS) is 24.8. The number of amides is 12. The summed E-state index contributed by atoms with van der Waals surface area (Å²) >= 11 is 6.15. The van der Waals surface area contributed by atoms with Crippen LogP contribution in [0.1, 0.15) is 122 Å². The lowest BCUT2D eigenvalue weighted by atomic mass is 9.94. The molecule has 1 aromatic heterocycles. The molecule has 3 aromatic rings. The fraction of sp³-hybridized carbons (Fsp3) is 0.597. The second-order valence-corrected chi connectivity index (χ2v) is 28.2. The number of aromatic nitrogens is 1. The van der Waals surface area contributed by atoms with Gasteiger partial charge in [0.1, 0.15) is 60.4 Å². The molecule has 101 heavy (non-hydrogen) atoms. The molecule has 0 bridgehead atoms. The van der Waals surface area contributed by atoms with Gasteiger partial charge in [0.15, 0.2) is 0 Å². The second-order valence-electron chi connectivity index (χ2n) is 27.7. The minimum atomic E-state index is -4.80. The molecule has 2 aliphatic heterocycles. The zero-order valence-corrected chi connectivity index (χ0v) is 62.3. The molecule has 0 saturated carbocycles. The molecule has 556 valence electrons. The van der Waals surface area contributed by atoms with E-state index in [9.17, 15) is 61.1 Å². The molecule has 3 N–H and O–H groups in total. The van der Waals surface area contributed by atoms with Gasteiger partial charge < -0.3 is 60.0 Å². The molecule has 1 unspecified atom stereocenters. The van der Waals surface area contributed by atoms with Crippen LogP contribution in [-0.4, -0.2) is 257 Å². The monoisotopic (exact) mass is 1430 g/mol. The van der Waals surface area contributed by atoms with Gasteiger partial charge >= 0.3 is 6.18 Å². The van der Waals surface area contributed by atoms with Gasteiger partial charge in [0.25, 0.3) is 0 Å². The number of rotatable bonds is 14. The van der Waals surface area contributed by atoms with Crippen LogP contribution >= 0.6 is 11.6 Å². The molecule has 12 atom stereocenters. The van der Waals surface area contributed by atoms with Crippen molar-refractivity contribution in [2.45, 2.75) is 187 Å². The van der Waals surface area contributed by atoms with Crippen LogP contribution in [0.25, 0.3) is 0 Å². The number of alkyl halides is 3. The maximum Gasteiger partial charge on any atom is 0.417 e. The summed E-state index contributed by atoms with van der Waals surface area (Å²) in [5.41, 5.74) is 1.10. The van der Waals surface area contributed by atoms with E-state index in [1.807, 2.05) is 39.8 Å². The van der Waals surface area contributed by atoms with Crippen molar-refractivity contribution < 1.29 is 70.7 Å². The summed E-state index contributed by atoms with van der Waals surface area (Å²) in [5.74, 6) is -10.3. The van der Waals surface area contributed by atoms with E-state index in [1.54, 1.807) is 45.0 Å². The van der Waals surface area contributed by atoms with Crippen LogP contribution in [0.3, 0.4) is 0 Å². The van der Waals surface area contributed by atoms with E-state index in [-0.39, 0.29) is 56.6 Å². The van der Waals surface area contributed by atoms with Gasteiger partial charge in [-0.15, -0.1) is 0 Å². The Kier molecular flexibility index (Phi) is 29.8. The molecular weight excluding hydrogens is 1330 g/mol. The third kappa shape index (κ3) is 21.0. The summed E-state index contributed by atoms with van der Waals surface area (Å²) in [5, 5.41) is 7.66. The second kappa shape index (κ2) is 36.3. The van der Waals surface area contributed by atoms with Gasteiger partial charge in [0, 0.05) is 95.2 Å². The maximum absolute atomic E-state index is 15.3. The highest BCUT2D eigenvalue weighted by Crippen LogP contribution is 2.35. The number of nitrogens with one attached hydrogen (secondary N) is 3. The Morgan fingerprint density at radius 3 is 1.79 bits per heavy atom. The molecule has 25 nitrogen and oxygen atoms in total. The summed E-state index contributed by atoms with van der Waals surface area (Å²) < 4.78 is 41.7. The van der Waals surface area contributed by atoms with Crippen LogP contribution in [0.4, 0.5) is 13.2 Å². The summed E-state index contributed by atoms with van der Waals surface area (Å²) in [6.45, 7) is 14.8. The topological polar surface area (TPSA) is 283 Å². The number of nitrogens with zero attached hydrogens (tertiary/aromatic N) is 10. The molecule has 2 aliphatic rings. The van der Waals surface area contributed by atoms with Gasteiger partial charge in [0.2, 0.25) is 70.9 Å². The highest BCUT2D eigenvalue weighted by molar-refractivity contribution is 6.31. The lowest BCUT2D eigenvalue weighted by Crippen LogP contribution is -2.65. The molecule has 2 aromatic carbocycles. The number of aryl methyl sites for hydroxylation is 2. The number of carbonyl (C=O) groups excluding carboxylic acids is 12. The molecule has 0 aliphatic carbocycles. The van der Waals surface area contributed by atoms with E-state index in [4.69, 9.17) is 11.6 Å². The summed E-state index contributed by atoms with van der Waals surface area (Å²) in [7, 11) is 12.3. The fourth-order valence-corrected chi connectivity index (χ4v) is 12.8. The number of benzene rings is 2. The van der Waals surface area contributed by atoms with Crippen molar-refractivity contribution in [2.24, 2.45) is 17.8 Å². The molecule has 0 radical (unpaired) electrons. The number of likely N-dealkylation sites (N-methyl/N-ethyl adjacent to an activating group) is 8. The Morgan fingerprint density at radius 2 is 1.25 bits per heavy atom. The van der Waals surface area contributed by atoms with Crippen molar-refractivity contribution >= 4 is 82.5 Å². The third-order valence-corrected chi connectivity index (χ3v) is 20.0. The van der Waals surface area contributed by atoms with Crippen LogP contribution in [-0.2, 0) is 83.0 Å². The Bertz CT molecular complexity index is 3470. The molecule has 2 fully saturated rings. The molecule has 0 spiro atoms. The van der Waals surface area contributed by atoms with E-state index in [2.05, 4.69) is 20.9 Å². The van der Waals surface area contributed by atoms with Crippen molar-refractivity contribution in [3.8, 4) is 0 Å². The molecular formula is C72H103ClF3N13O12. The quantitative estimate of drug-likeness (QED) is 0.199. The minimum absolute atomic E-state index is 0.0701. The first kappa shape index (κ1) is 83.0. The van der Waals surface area contributed by atoms with Crippen molar-refractivity contribution in [1.29, 1.82) is 0 Å². The predicted octanol–water partition coefficient (Wildman–Crippen LogP) is 4.63. The van der Waals surface area contributed by atoms with Crippen molar-refractivity contribution in [2.75, 3.05) is 76.5 Å². The van der Waals surface area contributed by atoms with E-state index in [0.717, 1.165) is 37.3 Å². The summed E-state index contributed by atoms with van der Waals surface area (Å²) in [6.07, 6.45) is -2.31. The number of halogens is 4. The van der Waals surface area contributed by atoms with Crippen LogP contribution in [0.2, 0.25) is 5.02 Å². The van der Waals surface area contributed by atoms with Gasteiger partial charge in [-0.1, -0.05) is 108 Å². The van der Waals surface area contributed by atoms with E-state index >= 15 is 9.59 Å². The van der Waals surface area contributed by atoms with E-state index in [1.165, 1.54) is 120 Å². The Hall–Kier alpha value is -8.69. The van der Waals surface area contributed by atoms with Crippen LogP contribution in [0, 0.1) is 24.7 Å². The highest BCUT2D eigenvalue weighted by atomic mass is 35.5. The van der Waals surface area contributed by atoms with E-state index in [0.29, 0.717) is 24.0 Å². The van der Waals surface area contributed by atoms with Gasteiger partial charge in [-0.05, 0) is 99.1 Å². The predicted molar refractivity (Wildman–Crippen MR) is 374 cm³/mol. The third-order valence-electron chi connectivity index (χ3n) is 19.7. The number of hydrogen-bond donors (Lipinski definition) is 3. The fourth-order valence-electron chi connectivity index (χ4n) is 12.5. The first-order chi connectivity index (χ1) is 47.2. The Labute approximate surface area is 596 Å². The molecule has 3 heterocycles. The molecule has 2 saturated heterocycles. The van der Waals surface area contributed by atoms with Crippen LogP contribution in [0.5, 0.6) is 0 Å². The van der Waals surface area contributed by atoms with Crippen LogP contribution in [0.15, 0.2) is 67.0 Å². The molecule has 5 rings (SSSR count). The number of carbonyl (C=O) groups is 12. The maximum atomic E-state index is 15.3. The molecule has 29 heteroatoms. The van der Waals surface area contributed by atoms with E-state index < -0.39 is 173 Å². The first-order valence-corrected chi connectivity index (χ1v) is 34.6. The SMILES string of the molecule is CC[C@H](C)[C@@H]1NC(=O)[C@H](CC(C)C)N(C)C(=O)C[C@@H](C(=O)N(C)C)N(C)C(=O)[C@H]([C@@H](C)CC)N(C)C(=O)[C@H](C)NC(=O)[C@H](Cc2cccnc2)N(C)C(=O)[C@H](CCc2ccc(C(F)(F)F)c(Cl)c2)NC(=O)CN(C)C(=O)[C@H](Cc2ccc(C)cc2)N(C)C(=O)C2CCN2C(=O)[C@H](C)N(C)C1=O. The van der Waals surface area contributed by atoms with Gasteiger partial charge in [-0.2, -0.15) is 13.2 Å². The Morgan fingerprint density at radius 1 is 0.653 bits per heavy atom. The number of fused-ring (bicyclic) bond motifs is 1. The van der Waals surface area contributed by atoms with Crippen molar-refractivity contribution in [3.63, 3.8) is 0 Å². The largest absolute Gasteiger partial charge is 0.417 e. The number of pyridine rings is 1. The standard InChI is InChI=1S/C72H103ClF3N13O12/c1-19-43(6)60-70(100)83(13)46(9)65(95)89-33-31-53(89)69(99)86(16)56(36-48-25-23-42(5)24-26-48)68(98)82(12)40-58(90)79-52(30-28-47-27-29-50(51(73)35-47)72(74,75)76)66(96)85(15)55(37-49-22-21-32-77-39-49)62(92)78-45(8)64(94)88(18)61(44(7)20-2)71(101)87(17)57(67(97)81(10)11)38-59(91)84(14)54(34-41(3)4)63(93)80-60/h21-27,29,32,35,39,41,43-46,52-57,60-61H,19-20,28,30-31,33-34,36-38,40H2,1-18H3,(H,78,92)(H,79,90)(H,80,93)/t43-,44-,45-,46-,52-,53?,54-,55-,56-,57-,60-,61-/m0/s1. The lowest BCUT2D eigenvalue weighted by Gasteiger charge is -2.45. The smallest absolute Gasteiger partial charge is 0.347 e. The van der Waals surface area contributed by atoms with Gasteiger partial charge in [0.05, 0.1) is 23.6 Å². The zero-order chi connectivity index (χ0) is 76.0. The zero-order valence-electron chi connectivity index (χ0n) is 61.5. The Balaban J connectivity index is 1.67. The average Bonchev–Trinajstić information content (AvgIpc) is 0.783. The van der Waals surface area contributed by atoms with Crippen molar-refractivity contribution in [1.82, 2.24) is 65.0 Å². The van der Waals surface area contributed by atoms with Crippen LogP contribution < -0.4 is 16.0 Å². The van der Waals surface area contributed by atoms with Gasteiger partial charge in [-0.3, -0.25) is 62.5 Å². The average molecular weight is 1440 g/mol. The summed E-state index contributed by atoms with van der Waals surface area (Å²) in [4.78, 5) is 193. The van der Waals surface area contributed by atoms with Gasteiger partial charge in [-0.25, -0.2) is 0 Å².